The molecule has 4 N–H and O–H groups in total. The summed E-state index contributed by atoms with van der Waals surface area (Å²) in [4.78, 5) is 84.3. The number of nitrogens with zero attached hydrogens (tertiary/aromatic N) is 2. The number of anilines is 1. The van der Waals surface area contributed by atoms with Gasteiger partial charge in [-0.05, 0) is 105 Å². The number of imide groups is 1. The molecule has 5 heterocycles. The number of piperidine rings is 2. The molecule has 2 spiro atoms. The van der Waals surface area contributed by atoms with Crippen LogP contribution in [0.2, 0.25) is 10.0 Å². The first-order valence-electron chi connectivity index (χ1n) is 23.1. The zero-order valence-corrected chi connectivity index (χ0v) is 37.5. The van der Waals surface area contributed by atoms with Gasteiger partial charge in [-0.25, -0.2) is 4.39 Å². The zero-order chi connectivity index (χ0) is 45.2. The third-order valence-corrected chi connectivity index (χ3v) is 16.1. The number of hydrogen-bond donors (Lipinski definition) is 4. The largest absolute Gasteiger partial charge is 0.352 e. The first-order chi connectivity index (χ1) is 31.4. The summed E-state index contributed by atoms with van der Waals surface area (Å²) < 4.78 is 16.3. The smallest absolute Gasteiger partial charge is 0.255 e. The zero-order valence-electron chi connectivity index (χ0n) is 36.0. The number of hydrogen-bond acceptors (Lipinski definition) is 7. The maximum atomic E-state index is 16.3. The highest BCUT2D eigenvalue weighted by molar-refractivity contribution is 6.31. The van der Waals surface area contributed by atoms with Crippen molar-refractivity contribution in [1.82, 2.24) is 25.8 Å². The van der Waals surface area contributed by atoms with E-state index in [2.05, 4.69) is 33.1 Å². The van der Waals surface area contributed by atoms with E-state index in [9.17, 15) is 28.8 Å². The molecule has 0 bridgehead atoms. The van der Waals surface area contributed by atoms with Gasteiger partial charge in [0.25, 0.3) is 5.91 Å². The summed E-state index contributed by atoms with van der Waals surface area (Å²) in [7, 11) is 0. The minimum Gasteiger partial charge on any atom is -0.352 e. The summed E-state index contributed by atoms with van der Waals surface area (Å²) >= 11 is 12.8. The predicted octanol–water partition coefficient (Wildman–Crippen LogP) is 6.51. The van der Waals surface area contributed by atoms with Crippen molar-refractivity contribution in [3.63, 3.8) is 0 Å². The van der Waals surface area contributed by atoms with E-state index in [0.29, 0.717) is 79.9 Å². The van der Waals surface area contributed by atoms with Gasteiger partial charge in [-0.1, -0.05) is 78.6 Å². The maximum absolute atomic E-state index is 16.3. The van der Waals surface area contributed by atoms with Crippen molar-refractivity contribution in [3.8, 4) is 11.8 Å². The SMILES string of the molecule is O=C1CCC(N2Cc3c(C#CC4CCN(C(=O)C5CCC(NC(=O)[C@@H]6NC7(CCCCC7)[C@@]7(C(=O)Nc8cc(Cl)ccc87)[C@H]6c6cccc(Cl)c6F)CC5)CC4)cccc3C2=O)C(=O)N1. The number of likely N-dealkylation sites (tertiary alicyclic amines) is 1. The molecule has 7 aliphatic rings. The molecule has 0 aromatic heterocycles. The molecule has 338 valence electrons. The molecule has 12 nitrogen and oxygen atoms in total. The van der Waals surface area contributed by atoms with Gasteiger partial charge in [0.05, 0.1) is 11.1 Å². The fraction of sp³-hybridized carbons (Fsp3) is 0.480. The number of carbonyl (C=O) groups excluding carboxylic acids is 6. The van der Waals surface area contributed by atoms with E-state index in [1.54, 1.807) is 36.4 Å². The molecule has 3 aromatic carbocycles. The Hall–Kier alpha value is -5.29. The second-order valence-corrected chi connectivity index (χ2v) is 19.8. The van der Waals surface area contributed by atoms with Crippen LogP contribution in [-0.2, 0) is 35.9 Å². The van der Waals surface area contributed by atoms with Crippen molar-refractivity contribution in [2.24, 2.45) is 11.8 Å². The minimum atomic E-state index is -1.31. The Morgan fingerprint density at radius 3 is 2.37 bits per heavy atom. The normalized spacial score (nSPS) is 28.4. The number of carbonyl (C=O) groups is 6. The topological polar surface area (TPSA) is 157 Å². The summed E-state index contributed by atoms with van der Waals surface area (Å²) in [6.45, 7) is 1.44. The maximum Gasteiger partial charge on any atom is 0.255 e. The highest BCUT2D eigenvalue weighted by Gasteiger charge is 2.72. The van der Waals surface area contributed by atoms with Gasteiger partial charge in [-0.2, -0.15) is 0 Å². The Morgan fingerprint density at radius 2 is 1.62 bits per heavy atom. The van der Waals surface area contributed by atoms with Crippen molar-refractivity contribution in [2.45, 2.75) is 125 Å². The molecule has 5 aliphatic heterocycles. The van der Waals surface area contributed by atoms with Gasteiger partial charge in [0.1, 0.15) is 17.3 Å². The van der Waals surface area contributed by atoms with Gasteiger partial charge in [-0.3, -0.25) is 39.4 Å². The monoisotopic (exact) mass is 920 g/mol. The number of rotatable bonds is 5. The standard InChI is InChI=1S/C50H51Cl2FN6O6/c51-31-14-17-36-38(26-31)55-48(65)50(36)41(34-8-5-9-37(52)42(34)53)43(57-49(50)22-2-1-3-23-49)45(62)54-32-15-12-30(13-16-32)46(63)58-24-20-28(21-25-58)10-11-29-6-4-7-33-35(29)27-59(47(33)64)39-18-19-40(60)56-44(39)61/h4-9,14,17,26,28,30,32,39,41,43,57H,1-3,12-13,15-16,18-25,27H2,(H,54,62)(H,55,65)(H,56,60,61)/t30?,32?,39?,41-,43+,50+/m0/s1. The molecular weight excluding hydrogens is 870 g/mol. The van der Waals surface area contributed by atoms with Crippen LogP contribution in [0.4, 0.5) is 10.1 Å². The summed E-state index contributed by atoms with van der Waals surface area (Å²) in [5, 5.41) is 12.8. The van der Waals surface area contributed by atoms with Gasteiger partial charge >= 0.3 is 0 Å². The van der Waals surface area contributed by atoms with Crippen LogP contribution >= 0.6 is 23.2 Å². The van der Waals surface area contributed by atoms with E-state index in [0.717, 1.165) is 43.2 Å². The first kappa shape index (κ1) is 43.6. The van der Waals surface area contributed by atoms with Gasteiger partial charge < -0.3 is 20.4 Å². The van der Waals surface area contributed by atoms with E-state index in [1.165, 1.54) is 11.0 Å². The van der Waals surface area contributed by atoms with Crippen LogP contribution in [0, 0.1) is 29.5 Å². The summed E-state index contributed by atoms with van der Waals surface area (Å²) in [5.74, 6) is 3.58. The lowest BCUT2D eigenvalue weighted by Crippen LogP contribution is -2.60. The van der Waals surface area contributed by atoms with Crippen LogP contribution in [0.25, 0.3) is 0 Å². The fourth-order valence-electron chi connectivity index (χ4n) is 12.4. The summed E-state index contributed by atoms with van der Waals surface area (Å²) in [6.07, 6.45) is 8.33. The van der Waals surface area contributed by atoms with Crippen LogP contribution in [-0.4, -0.2) is 82.0 Å². The molecule has 1 unspecified atom stereocenters. The van der Waals surface area contributed by atoms with E-state index in [4.69, 9.17) is 23.2 Å². The molecule has 2 aliphatic carbocycles. The van der Waals surface area contributed by atoms with Gasteiger partial charge in [0, 0.05) is 77.2 Å². The molecule has 4 atom stereocenters. The molecule has 2 saturated carbocycles. The van der Waals surface area contributed by atoms with Crippen LogP contribution in [0.5, 0.6) is 0 Å². The molecule has 3 aromatic rings. The highest BCUT2D eigenvalue weighted by Crippen LogP contribution is 2.63. The molecule has 15 heteroatoms. The van der Waals surface area contributed by atoms with Crippen molar-refractivity contribution < 1.29 is 33.2 Å². The van der Waals surface area contributed by atoms with Crippen molar-refractivity contribution >= 4 is 64.3 Å². The van der Waals surface area contributed by atoms with Crippen molar-refractivity contribution in [2.75, 3.05) is 18.4 Å². The molecule has 10 rings (SSSR count). The Bertz CT molecular complexity index is 2570. The lowest BCUT2D eigenvalue weighted by atomic mass is 9.55. The Kier molecular flexibility index (Phi) is 11.5. The van der Waals surface area contributed by atoms with E-state index < -0.39 is 40.7 Å². The number of nitrogens with one attached hydrogen (secondary N) is 4. The highest BCUT2D eigenvalue weighted by atomic mass is 35.5. The summed E-state index contributed by atoms with van der Waals surface area (Å²) in [6, 6.07) is 13.7. The Morgan fingerprint density at radius 1 is 0.862 bits per heavy atom. The lowest BCUT2D eigenvalue weighted by Gasteiger charge is -2.47. The Balaban J connectivity index is 0.787. The molecule has 3 saturated heterocycles. The number of halogens is 3. The summed E-state index contributed by atoms with van der Waals surface area (Å²) in [5.41, 5.74) is 1.41. The quantitative estimate of drug-likeness (QED) is 0.168. The predicted molar refractivity (Wildman–Crippen MR) is 241 cm³/mol. The number of amides is 6. The molecule has 5 fully saturated rings. The first-order valence-corrected chi connectivity index (χ1v) is 23.8. The van der Waals surface area contributed by atoms with E-state index in [1.807, 2.05) is 17.0 Å². The van der Waals surface area contributed by atoms with Gasteiger partial charge in [-0.15, -0.1) is 0 Å². The van der Waals surface area contributed by atoms with Crippen LogP contribution in [0.3, 0.4) is 0 Å². The second kappa shape index (κ2) is 17.2. The molecule has 0 radical (unpaired) electrons. The van der Waals surface area contributed by atoms with Crippen LogP contribution in [0.1, 0.15) is 122 Å². The van der Waals surface area contributed by atoms with Crippen LogP contribution < -0.4 is 21.3 Å². The Labute approximate surface area is 387 Å². The number of benzene rings is 3. The molecule has 65 heavy (non-hydrogen) atoms. The van der Waals surface area contributed by atoms with Gasteiger partial charge in [0.15, 0.2) is 0 Å². The second-order valence-electron chi connectivity index (χ2n) is 19.0. The van der Waals surface area contributed by atoms with E-state index in [-0.39, 0.29) is 71.0 Å². The fourth-order valence-corrected chi connectivity index (χ4v) is 12.7. The minimum absolute atomic E-state index is 0.0751. The van der Waals surface area contributed by atoms with Gasteiger partial charge in [0.2, 0.25) is 29.5 Å². The third kappa shape index (κ3) is 7.40. The molecular formula is C50H51Cl2FN6O6. The average Bonchev–Trinajstić information content (AvgIpc) is 3.90. The van der Waals surface area contributed by atoms with Crippen molar-refractivity contribution in [3.05, 3.63) is 98.3 Å². The molecule has 6 amide bonds. The van der Waals surface area contributed by atoms with Crippen LogP contribution in [0.15, 0.2) is 54.6 Å². The average molecular weight is 922 g/mol. The number of fused-ring (bicyclic) bond motifs is 4. The van der Waals surface area contributed by atoms with Crippen molar-refractivity contribution in [1.29, 1.82) is 0 Å². The lowest BCUT2D eigenvalue weighted by molar-refractivity contribution is -0.138. The van der Waals surface area contributed by atoms with E-state index >= 15 is 4.39 Å². The third-order valence-electron chi connectivity index (χ3n) is 15.5.